The van der Waals surface area contributed by atoms with Gasteiger partial charge in [0.15, 0.2) is 0 Å². The van der Waals surface area contributed by atoms with Crippen molar-refractivity contribution in [3.05, 3.63) is 74.6 Å². The largest absolute Gasteiger partial charge is 0.449 e. The van der Waals surface area contributed by atoms with Crippen molar-refractivity contribution in [1.82, 2.24) is 10.3 Å². The van der Waals surface area contributed by atoms with E-state index >= 15 is 0 Å². The Balaban J connectivity index is 1.31. The zero-order valence-corrected chi connectivity index (χ0v) is 19.4. The van der Waals surface area contributed by atoms with E-state index in [9.17, 15) is 14.9 Å². The standard InChI is InChI=1S/C24H22N4O3S2/c25-13-20-19-8-6-16(15-31-24(30)27-14-17-4-1-2-10-26-17)12-21(19)33-23(20)28-22(29)9-7-18-5-3-11-32-18/h1-5,7,9-11,16H,6,8,12,14-15H2,(H,27,30)(H,28,29). The first kappa shape index (κ1) is 22.7. The van der Waals surface area contributed by atoms with Crippen LogP contribution in [0.3, 0.4) is 0 Å². The highest BCUT2D eigenvalue weighted by molar-refractivity contribution is 7.16. The Hall–Kier alpha value is -3.48. The zero-order valence-electron chi connectivity index (χ0n) is 17.7. The summed E-state index contributed by atoms with van der Waals surface area (Å²) in [5, 5.41) is 17.7. The number of carbonyl (C=O) groups excluding carboxylic acids is 2. The van der Waals surface area contributed by atoms with Crippen molar-refractivity contribution in [1.29, 1.82) is 5.26 Å². The molecule has 3 heterocycles. The molecule has 1 aliphatic carbocycles. The number of fused-ring (bicyclic) bond motifs is 1. The molecular formula is C24H22N4O3S2. The fourth-order valence-corrected chi connectivity index (χ4v) is 5.54. The van der Waals surface area contributed by atoms with Gasteiger partial charge in [0.1, 0.15) is 11.1 Å². The summed E-state index contributed by atoms with van der Waals surface area (Å²) in [5.74, 6) is -0.0893. The third-order valence-electron chi connectivity index (χ3n) is 5.25. The van der Waals surface area contributed by atoms with E-state index in [0.29, 0.717) is 30.1 Å². The van der Waals surface area contributed by atoms with Gasteiger partial charge in [-0.15, -0.1) is 22.7 Å². The van der Waals surface area contributed by atoms with Gasteiger partial charge in [0, 0.05) is 22.0 Å². The Kier molecular flexibility index (Phi) is 7.50. The van der Waals surface area contributed by atoms with E-state index in [4.69, 9.17) is 4.74 Å². The molecule has 7 nitrogen and oxygen atoms in total. The first-order valence-electron chi connectivity index (χ1n) is 10.5. The molecule has 3 aromatic rings. The van der Waals surface area contributed by atoms with Gasteiger partial charge in [-0.05, 0) is 60.4 Å². The third-order valence-corrected chi connectivity index (χ3v) is 7.26. The van der Waals surface area contributed by atoms with Crippen LogP contribution in [0.5, 0.6) is 0 Å². The number of alkyl carbamates (subject to hydrolysis) is 1. The lowest BCUT2D eigenvalue weighted by molar-refractivity contribution is -0.111. The van der Waals surface area contributed by atoms with Crippen LogP contribution in [-0.4, -0.2) is 23.6 Å². The minimum atomic E-state index is -0.471. The molecule has 2 N–H and O–H groups in total. The molecule has 1 aliphatic rings. The van der Waals surface area contributed by atoms with Crippen LogP contribution in [0.15, 0.2) is 48.0 Å². The average Bonchev–Trinajstić information content (AvgIpc) is 3.47. The summed E-state index contributed by atoms with van der Waals surface area (Å²) in [6.07, 6.45) is 6.69. The van der Waals surface area contributed by atoms with E-state index in [1.165, 1.54) is 17.4 Å². The molecule has 0 fully saturated rings. The van der Waals surface area contributed by atoms with Crippen LogP contribution < -0.4 is 10.6 Å². The van der Waals surface area contributed by atoms with Crippen molar-refractivity contribution >= 4 is 45.8 Å². The number of nitrogens with one attached hydrogen (secondary N) is 2. The Morgan fingerprint density at radius 2 is 2.21 bits per heavy atom. The number of rotatable bonds is 7. The van der Waals surface area contributed by atoms with Crippen LogP contribution in [0.1, 0.15) is 33.0 Å². The van der Waals surface area contributed by atoms with Crippen LogP contribution >= 0.6 is 22.7 Å². The van der Waals surface area contributed by atoms with Gasteiger partial charge in [-0.25, -0.2) is 4.79 Å². The number of ether oxygens (including phenoxy) is 1. The molecule has 0 radical (unpaired) electrons. The van der Waals surface area contributed by atoms with E-state index < -0.39 is 6.09 Å². The highest BCUT2D eigenvalue weighted by Gasteiger charge is 2.27. The number of amides is 2. The fraction of sp³-hybridized carbons (Fsp3) is 0.250. The van der Waals surface area contributed by atoms with E-state index in [1.54, 1.807) is 23.6 Å². The molecule has 3 aromatic heterocycles. The Labute approximate surface area is 199 Å². The van der Waals surface area contributed by atoms with Crippen molar-refractivity contribution in [2.75, 3.05) is 11.9 Å². The quantitative estimate of drug-likeness (QED) is 0.477. The first-order chi connectivity index (χ1) is 16.1. The number of thiophene rings is 2. The van der Waals surface area contributed by atoms with Crippen molar-refractivity contribution in [3.8, 4) is 6.07 Å². The SMILES string of the molecule is N#Cc1c(NC(=O)C=Cc2cccs2)sc2c1CCC(COC(=O)NCc1ccccn1)C2. The molecule has 0 saturated carbocycles. The molecule has 0 aliphatic heterocycles. The van der Waals surface area contributed by atoms with Gasteiger partial charge in [-0.2, -0.15) is 5.26 Å². The van der Waals surface area contributed by atoms with E-state index in [1.807, 2.05) is 35.7 Å². The summed E-state index contributed by atoms with van der Waals surface area (Å²) in [6, 6.07) is 11.6. The third kappa shape index (κ3) is 6.06. The number of anilines is 1. The molecule has 0 aromatic carbocycles. The van der Waals surface area contributed by atoms with Crippen molar-refractivity contribution in [3.63, 3.8) is 0 Å². The van der Waals surface area contributed by atoms with E-state index in [0.717, 1.165) is 33.9 Å². The lowest BCUT2D eigenvalue weighted by Gasteiger charge is -2.21. The number of aromatic nitrogens is 1. The summed E-state index contributed by atoms with van der Waals surface area (Å²) in [7, 11) is 0. The number of hydrogen-bond donors (Lipinski definition) is 2. The molecule has 0 saturated heterocycles. The minimum Gasteiger partial charge on any atom is -0.449 e. The van der Waals surface area contributed by atoms with E-state index in [-0.39, 0.29) is 11.8 Å². The molecule has 1 atom stereocenters. The zero-order chi connectivity index (χ0) is 23.0. The maximum absolute atomic E-state index is 12.3. The molecule has 168 valence electrons. The van der Waals surface area contributed by atoms with E-state index in [2.05, 4.69) is 21.7 Å². The van der Waals surface area contributed by atoms with Gasteiger partial charge >= 0.3 is 6.09 Å². The monoisotopic (exact) mass is 478 g/mol. The smallest absolute Gasteiger partial charge is 0.407 e. The molecule has 2 amide bonds. The maximum Gasteiger partial charge on any atom is 0.407 e. The van der Waals surface area contributed by atoms with Crippen LogP contribution in [0.4, 0.5) is 9.80 Å². The van der Waals surface area contributed by atoms with Gasteiger partial charge in [0.2, 0.25) is 5.91 Å². The number of pyridine rings is 1. The Bertz CT molecular complexity index is 1180. The summed E-state index contributed by atoms with van der Waals surface area (Å²) < 4.78 is 5.40. The number of nitriles is 1. The highest BCUT2D eigenvalue weighted by atomic mass is 32.1. The Morgan fingerprint density at radius 1 is 1.30 bits per heavy atom. The van der Waals surface area contributed by atoms with Crippen molar-refractivity contribution in [2.45, 2.75) is 25.8 Å². The molecule has 33 heavy (non-hydrogen) atoms. The van der Waals surface area contributed by atoms with Crippen LogP contribution in [-0.2, 0) is 28.9 Å². The first-order valence-corrected chi connectivity index (χ1v) is 12.2. The normalized spacial score (nSPS) is 14.9. The van der Waals surface area contributed by atoms with Gasteiger partial charge in [0.05, 0.1) is 24.4 Å². The summed E-state index contributed by atoms with van der Waals surface area (Å²) in [4.78, 5) is 30.6. The van der Waals surface area contributed by atoms with Crippen LogP contribution in [0, 0.1) is 17.2 Å². The molecule has 9 heteroatoms. The number of hydrogen-bond acceptors (Lipinski definition) is 7. The maximum atomic E-state index is 12.3. The molecule has 0 bridgehead atoms. The van der Waals surface area contributed by atoms with Gasteiger partial charge in [0.25, 0.3) is 0 Å². The van der Waals surface area contributed by atoms with Crippen molar-refractivity contribution < 1.29 is 14.3 Å². The second kappa shape index (κ2) is 10.9. The summed E-state index contributed by atoms with van der Waals surface area (Å²) in [6.45, 7) is 0.619. The molecule has 0 spiro atoms. The minimum absolute atomic E-state index is 0.172. The topological polar surface area (TPSA) is 104 Å². The highest BCUT2D eigenvalue weighted by Crippen LogP contribution is 2.39. The average molecular weight is 479 g/mol. The molecular weight excluding hydrogens is 456 g/mol. The van der Waals surface area contributed by atoms with Gasteiger partial charge < -0.3 is 15.4 Å². The lowest BCUT2D eigenvalue weighted by Crippen LogP contribution is -2.28. The number of nitrogens with zero attached hydrogens (tertiary/aromatic N) is 2. The fourth-order valence-electron chi connectivity index (χ4n) is 3.61. The Morgan fingerprint density at radius 3 is 2.97 bits per heavy atom. The predicted octanol–water partition coefficient (Wildman–Crippen LogP) is 4.76. The summed E-state index contributed by atoms with van der Waals surface area (Å²) >= 11 is 2.98. The van der Waals surface area contributed by atoms with Crippen LogP contribution in [0.2, 0.25) is 0 Å². The second-order valence-electron chi connectivity index (χ2n) is 7.54. The predicted molar refractivity (Wildman–Crippen MR) is 129 cm³/mol. The van der Waals surface area contributed by atoms with Crippen LogP contribution in [0.25, 0.3) is 6.08 Å². The van der Waals surface area contributed by atoms with Gasteiger partial charge in [-0.1, -0.05) is 12.1 Å². The number of carbonyl (C=O) groups is 2. The van der Waals surface area contributed by atoms with Crippen molar-refractivity contribution in [2.24, 2.45) is 5.92 Å². The molecule has 1 unspecified atom stereocenters. The second-order valence-corrected chi connectivity index (χ2v) is 9.62. The summed E-state index contributed by atoms with van der Waals surface area (Å²) in [5.41, 5.74) is 2.30. The lowest BCUT2D eigenvalue weighted by atomic mass is 9.88. The molecule has 4 rings (SSSR count). The van der Waals surface area contributed by atoms with Gasteiger partial charge in [-0.3, -0.25) is 9.78 Å².